The summed E-state index contributed by atoms with van der Waals surface area (Å²) in [5, 5.41) is 21.7. The van der Waals surface area contributed by atoms with Crippen LogP contribution in [0.2, 0.25) is 0 Å². The largest absolute Gasteiger partial charge is 0.504 e. The molecule has 31 heavy (non-hydrogen) atoms. The number of carbonyl (C=O) groups is 1. The van der Waals surface area contributed by atoms with Gasteiger partial charge in [0.25, 0.3) is 5.91 Å². The lowest BCUT2D eigenvalue weighted by Gasteiger charge is -2.52. The van der Waals surface area contributed by atoms with Crippen LogP contribution in [-0.2, 0) is 0 Å². The van der Waals surface area contributed by atoms with Crippen LogP contribution in [0.3, 0.4) is 0 Å². The Morgan fingerprint density at radius 2 is 1.97 bits per heavy atom. The second kappa shape index (κ2) is 8.79. The van der Waals surface area contributed by atoms with Crippen molar-refractivity contribution in [3.63, 3.8) is 0 Å². The van der Waals surface area contributed by atoms with E-state index < -0.39 is 5.60 Å². The Balaban J connectivity index is 1.79. The van der Waals surface area contributed by atoms with Gasteiger partial charge in [-0.25, -0.2) is 0 Å². The number of likely N-dealkylation sites (tertiary alicyclic amines) is 1. The lowest BCUT2D eigenvalue weighted by Crippen LogP contribution is -2.56. The minimum Gasteiger partial charge on any atom is -0.504 e. The van der Waals surface area contributed by atoms with E-state index in [1.54, 1.807) is 25.3 Å². The van der Waals surface area contributed by atoms with Crippen molar-refractivity contribution in [3.05, 3.63) is 53.6 Å². The van der Waals surface area contributed by atoms with Crippen LogP contribution in [0.4, 0.5) is 0 Å². The molecule has 1 aliphatic heterocycles. The van der Waals surface area contributed by atoms with Crippen LogP contribution >= 0.6 is 0 Å². The Kier molecular flexibility index (Phi) is 6.10. The third-order valence-electron chi connectivity index (χ3n) is 6.79. The number of nitrogens with zero attached hydrogens (tertiary/aromatic N) is 1. The Bertz CT molecular complexity index is 945. The van der Waals surface area contributed by atoms with E-state index in [0.717, 1.165) is 31.2 Å². The number of piperidine rings is 1. The van der Waals surface area contributed by atoms with Crippen molar-refractivity contribution in [2.24, 2.45) is 5.92 Å². The summed E-state index contributed by atoms with van der Waals surface area (Å²) in [5.41, 5.74) is 0.596. The molecule has 0 aromatic heterocycles. The van der Waals surface area contributed by atoms with E-state index in [2.05, 4.69) is 0 Å². The van der Waals surface area contributed by atoms with Crippen LogP contribution in [0.15, 0.2) is 42.5 Å². The highest BCUT2D eigenvalue weighted by Crippen LogP contribution is 2.50. The average molecular weight is 426 g/mol. The Morgan fingerprint density at radius 1 is 1.16 bits per heavy atom. The van der Waals surface area contributed by atoms with Crippen molar-refractivity contribution in [1.82, 2.24) is 4.90 Å². The van der Waals surface area contributed by atoms with Gasteiger partial charge in [-0.1, -0.05) is 31.0 Å². The molecule has 0 unspecified atom stereocenters. The van der Waals surface area contributed by atoms with Crippen LogP contribution in [0.1, 0.15) is 61.0 Å². The molecule has 6 nitrogen and oxygen atoms in total. The zero-order valence-corrected chi connectivity index (χ0v) is 18.2. The highest BCUT2D eigenvalue weighted by atomic mass is 16.5. The number of aromatic hydroxyl groups is 1. The van der Waals surface area contributed by atoms with Gasteiger partial charge in [-0.05, 0) is 56.0 Å². The minimum absolute atomic E-state index is 0.0721. The maximum absolute atomic E-state index is 13.7. The maximum Gasteiger partial charge on any atom is 0.258 e. The molecule has 2 aliphatic rings. The predicted octanol–water partition coefficient (Wildman–Crippen LogP) is 4.31. The minimum atomic E-state index is -0.788. The second-order valence-electron chi connectivity index (χ2n) is 8.51. The third kappa shape index (κ3) is 3.97. The van der Waals surface area contributed by atoms with E-state index in [-0.39, 0.29) is 23.6 Å². The van der Waals surface area contributed by atoms with E-state index in [4.69, 9.17) is 9.47 Å². The summed E-state index contributed by atoms with van der Waals surface area (Å²) < 4.78 is 11.1. The van der Waals surface area contributed by atoms with Crippen molar-refractivity contribution >= 4 is 5.91 Å². The number of carbonyl (C=O) groups excluding carboxylic acids is 1. The standard InChI is InChI=1S/C25H31NO5/c1-3-31-22-16-17(11-12-20(22)27)23-19-9-6-7-13-25(19,29)14-15-26(23)24(28)18-8-4-5-10-21(18)30-2/h4-5,8,10-12,16,19,23,27,29H,3,6-7,9,13-15H2,1-2H3/t19-,23+,25-/m0/s1. The number of methoxy groups -OCH3 is 1. The van der Waals surface area contributed by atoms with Crippen LogP contribution in [0.5, 0.6) is 17.2 Å². The summed E-state index contributed by atoms with van der Waals surface area (Å²) in [5.74, 6) is 0.822. The number of phenols is 1. The van der Waals surface area contributed by atoms with Gasteiger partial charge in [-0.3, -0.25) is 4.79 Å². The number of fused-ring (bicyclic) bond motifs is 1. The Hall–Kier alpha value is -2.73. The van der Waals surface area contributed by atoms with Crippen LogP contribution < -0.4 is 9.47 Å². The molecular weight excluding hydrogens is 394 g/mol. The average Bonchev–Trinajstić information content (AvgIpc) is 2.79. The molecule has 166 valence electrons. The highest BCUT2D eigenvalue weighted by molar-refractivity contribution is 5.97. The molecule has 1 heterocycles. The van der Waals surface area contributed by atoms with Gasteiger partial charge in [0.05, 0.1) is 30.9 Å². The normalized spacial score (nSPS) is 25.6. The van der Waals surface area contributed by atoms with E-state index in [0.29, 0.717) is 36.6 Å². The number of benzene rings is 2. The van der Waals surface area contributed by atoms with Crippen molar-refractivity contribution in [2.45, 2.75) is 50.7 Å². The molecule has 4 rings (SSSR count). The van der Waals surface area contributed by atoms with Gasteiger partial charge in [-0.2, -0.15) is 0 Å². The first kappa shape index (κ1) is 21.5. The van der Waals surface area contributed by atoms with E-state index >= 15 is 0 Å². The molecule has 3 atom stereocenters. The van der Waals surface area contributed by atoms with Crippen LogP contribution in [-0.4, -0.2) is 46.9 Å². The zero-order valence-electron chi connectivity index (χ0n) is 18.2. The molecule has 1 amide bonds. The van der Waals surface area contributed by atoms with Gasteiger partial charge in [0, 0.05) is 12.5 Å². The number of hydrogen-bond acceptors (Lipinski definition) is 5. The van der Waals surface area contributed by atoms with Crippen molar-refractivity contribution in [2.75, 3.05) is 20.3 Å². The van der Waals surface area contributed by atoms with Gasteiger partial charge in [0.15, 0.2) is 11.5 Å². The zero-order chi connectivity index (χ0) is 22.0. The molecule has 0 spiro atoms. The Labute approximate surface area is 183 Å². The first-order valence-electron chi connectivity index (χ1n) is 11.1. The molecule has 1 saturated heterocycles. The third-order valence-corrected chi connectivity index (χ3v) is 6.79. The number of ether oxygens (including phenoxy) is 2. The first-order chi connectivity index (χ1) is 15.0. The van der Waals surface area contributed by atoms with Crippen molar-refractivity contribution < 1.29 is 24.5 Å². The maximum atomic E-state index is 13.7. The summed E-state index contributed by atoms with van der Waals surface area (Å²) in [6.07, 6.45) is 4.19. The highest BCUT2D eigenvalue weighted by Gasteiger charge is 2.50. The van der Waals surface area contributed by atoms with Gasteiger partial charge in [0.1, 0.15) is 5.75 Å². The lowest BCUT2D eigenvalue weighted by molar-refractivity contribution is -0.115. The monoisotopic (exact) mass is 425 g/mol. The number of phenolic OH excluding ortho intramolecular Hbond substituents is 1. The topological polar surface area (TPSA) is 79.2 Å². The number of para-hydroxylation sites is 1. The summed E-state index contributed by atoms with van der Waals surface area (Å²) in [7, 11) is 1.56. The van der Waals surface area contributed by atoms with Crippen molar-refractivity contribution in [1.29, 1.82) is 0 Å². The van der Waals surface area contributed by atoms with Gasteiger partial charge in [-0.15, -0.1) is 0 Å². The van der Waals surface area contributed by atoms with Gasteiger partial charge >= 0.3 is 0 Å². The lowest BCUT2D eigenvalue weighted by atomic mass is 9.66. The van der Waals surface area contributed by atoms with Gasteiger partial charge in [0.2, 0.25) is 0 Å². The smallest absolute Gasteiger partial charge is 0.258 e. The van der Waals surface area contributed by atoms with Gasteiger partial charge < -0.3 is 24.6 Å². The molecular formula is C25H31NO5. The quantitative estimate of drug-likeness (QED) is 0.746. The molecule has 2 aromatic carbocycles. The first-order valence-corrected chi connectivity index (χ1v) is 11.1. The number of rotatable bonds is 5. The molecule has 2 N–H and O–H groups in total. The summed E-state index contributed by atoms with van der Waals surface area (Å²) in [6, 6.07) is 12.2. The molecule has 1 aliphatic carbocycles. The molecule has 1 saturated carbocycles. The molecule has 6 heteroatoms. The summed E-state index contributed by atoms with van der Waals surface area (Å²) in [4.78, 5) is 15.6. The Morgan fingerprint density at radius 3 is 2.74 bits per heavy atom. The molecule has 0 radical (unpaired) electrons. The van der Waals surface area contributed by atoms with Crippen LogP contribution in [0, 0.1) is 5.92 Å². The summed E-state index contributed by atoms with van der Waals surface area (Å²) >= 11 is 0. The second-order valence-corrected chi connectivity index (χ2v) is 8.51. The summed E-state index contributed by atoms with van der Waals surface area (Å²) in [6.45, 7) is 2.75. The van der Waals surface area contributed by atoms with E-state index in [1.807, 2.05) is 36.1 Å². The predicted molar refractivity (Wildman–Crippen MR) is 118 cm³/mol. The fraction of sp³-hybridized carbons (Fsp3) is 0.480. The van der Waals surface area contributed by atoms with E-state index in [9.17, 15) is 15.0 Å². The number of aliphatic hydroxyl groups is 1. The molecule has 0 bridgehead atoms. The number of amides is 1. The fourth-order valence-electron chi connectivity index (χ4n) is 5.28. The van der Waals surface area contributed by atoms with Crippen LogP contribution in [0.25, 0.3) is 0 Å². The van der Waals surface area contributed by atoms with Crippen molar-refractivity contribution in [3.8, 4) is 17.2 Å². The SMILES string of the molecule is CCOc1cc([C@@H]2[C@@H]3CCCC[C@]3(O)CCN2C(=O)c2ccccc2OC)ccc1O. The fourth-order valence-corrected chi connectivity index (χ4v) is 5.28. The molecule has 2 aromatic rings. The van der Waals surface area contributed by atoms with E-state index in [1.165, 1.54) is 0 Å². The molecule has 2 fully saturated rings. The number of hydrogen-bond donors (Lipinski definition) is 2.